The number of benzene rings is 1. The summed E-state index contributed by atoms with van der Waals surface area (Å²) in [5.41, 5.74) is 2.27. The number of rotatable bonds is 6. The van der Waals surface area contributed by atoms with Gasteiger partial charge in [-0.15, -0.1) is 0 Å². The summed E-state index contributed by atoms with van der Waals surface area (Å²) in [4.78, 5) is 0. The second-order valence-corrected chi connectivity index (χ2v) is 3.78. The molecule has 1 atom stereocenters. The molecule has 0 aliphatic heterocycles. The normalized spacial score (nSPS) is 12.7. The minimum atomic E-state index is 0.121. The molecule has 0 amide bonds. The average molecular weight is 208 g/mol. The van der Waals surface area contributed by atoms with E-state index in [0.717, 1.165) is 25.0 Å². The van der Waals surface area contributed by atoms with Crippen molar-refractivity contribution in [3.8, 4) is 0 Å². The number of hydrogen-bond acceptors (Lipinski definition) is 2. The monoisotopic (exact) mass is 208 g/mol. The maximum atomic E-state index is 8.90. The maximum absolute atomic E-state index is 8.90. The summed E-state index contributed by atoms with van der Waals surface area (Å²) in [5, 5.41) is 8.90. The third-order valence-corrected chi connectivity index (χ3v) is 2.50. The van der Waals surface area contributed by atoms with Crippen molar-refractivity contribution in [3.05, 3.63) is 35.4 Å². The van der Waals surface area contributed by atoms with Crippen molar-refractivity contribution >= 4 is 0 Å². The Hall–Kier alpha value is -0.860. The molecule has 0 radical (unpaired) electrons. The van der Waals surface area contributed by atoms with Crippen LogP contribution >= 0.6 is 0 Å². The van der Waals surface area contributed by atoms with Crippen LogP contribution in [0.4, 0.5) is 0 Å². The molecule has 1 aromatic carbocycles. The zero-order valence-electron chi connectivity index (χ0n) is 9.57. The molecule has 0 saturated heterocycles. The fourth-order valence-electron chi connectivity index (χ4n) is 1.55. The predicted molar refractivity (Wildman–Crippen MR) is 61.8 cm³/mol. The van der Waals surface area contributed by atoms with Crippen LogP contribution in [0.25, 0.3) is 0 Å². The van der Waals surface area contributed by atoms with Crippen LogP contribution < -0.4 is 0 Å². The quantitative estimate of drug-likeness (QED) is 0.778. The predicted octanol–water partition coefficient (Wildman–Crippen LogP) is 2.54. The summed E-state index contributed by atoms with van der Waals surface area (Å²) >= 11 is 0. The van der Waals surface area contributed by atoms with E-state index >= 15 is 0 Å². The number of ether oxygens (including phenoxy) is 1. The summed E-state index contributed by atoms with van der Waals surface area (Å²) in [6.07, 6.45) is 2.41. The molecule has 0 heterocycles. The van der Waals surface area contributed by atoms with Crippen LogP contribution in [0.1, 0.15) is 31.4 Å². The highest BCUT2D eigenvalue weighted by Crippen LogP contribution is 2.09. The molecule has 1 rings (SSSR count). The molecular weight excluding hydrogens is 188 g/mol. The highest BCUT2D eigenvalue weighted by Gasteiger charge is 2.01. The Morgan fingerprint density at radius 1 is 1.20 bits per heavy atom. The van der Waals surface area contributed by atoms with Gasteiger partial charge in [0.1, 0.15) is 0 Å². The van der Waals surface area contributed by atoms with E-state index in [1.165, 1.54) is 5.56 Å². The topological polar surface area (TPSA) is 29.5 Å². The molecule has 15 heavy (non-hydrogen) atoms. The number of hydrogen-bond donors (Lipinski definition) is 1. The Kier molecular flexibility index (Phi) is 5.37. The Bertz CT molecular complexity index is 266. The zero-order chi connectivity index (χ0) is 11.1. The van der Waals surface area contributed by atoms with Crippen molar-refractivity contribution in [1.82, 2.24) is 0 Å². The van der Waals surface area contributed by atoms with Crippen molar-refractivity contribution in [2.24, 2.45) is 0 Å². The number of aliphatic hydroxyl groups is 1. The molecule has 2 nitrogen and oxygen atoms in total. The smallest absolute Gasteiger partial charge is 0.0681 e. The largest absolute Gasteiger partial charge is 0.392 e. The fraction of sp³-hybridized carbons (Fsp3) is 0.538. The van der Waals surface area contributed by atoms with Crippen molar-refractivity contribution in [2.75, 3.05) is 6.61 Å². The summed E-state index contributed by atoms with van der Waals surface area (Å²) in [5.74, 6) is 0. The van der Waals surface area contributed by atoms with Crippen LogP contribution in [-0.2, 0) is 17.8 Å². The molecule has 0 fully saturated rings. The summed E-state index contributed by atoms with van der Waals surface area (Å²) < 4.78 is 5.47. The van der Waals surface area contributed by atoms with Gasteiger partial charge in [0.25, 0.3) is 0 Å². The molecular formula is C13H20O2. The molecule has 0 aliphatic rings. The zero-order valence-corrected chi connectivity index (χ0v) is 9.57. The molecule has 2 heteroatoms. The third-order valence-electron chi connectivity index (χ3n) is 2.50. The summed E-state index contributed by atoms with van der Waals surface area (Å²) in [7, 11) is 0. The van der Waals surface area contributed by atoms with Gasteiger partial charge in [-0.2, -0.15) is 0 Å². The van der Waals surface area contributed by atoms with Gasteiger partial charge in [0.15, 0.2) is 0 Å². The van der Waals surface area contributed by atoms with Crippen molar-refractivity contribution in [2.45, 2.75) is 39.4 Å². The van der Waals surface area contributed by atoms with Gasteiger partial charge in [-0.05, 0) is 37.8 Å². The fourth-order valence-corrected chi connectivity index (χ4v) is 1.55. The molecule has 1 aromatic rings. The highest BCUT2D eigenvalue weighted by molar-refractivity contribution is 5.22. The van der Waals surface area contributed by atoms with Gasteiger partial charge in [-0.3, -0.25) is 0 Å². The lowest BCUT2D eigenvalue weighted by Crippen LogP contribution is -2.08. The Morgan fingerprint density at radius 3 is 2.33 bits per heavy atom. The minimum Gasteiger partial charge on any atom is -0.392 e. The number of aryl methyl sites for hydroxylation is 1. The van der Waals surface area contributed by atoms with E-state index in [4.69, 9.17) is 9.84 Å². The second-order valence-electron chi connectivity index (χ2n) is 3.78. The van der Waals surface area contributed by atoms with E-state index in [1.807, 2.05) is 19.1 Å². The Balaban J connectivity index is 2.37. The minimum absolute atomic E-state index is 0.121. The van der Waals surface area contributed by atoms with E-state index in [-0.39, 0.29) is 6.61 Å². The first kappa shape index (κ1) is 12.2. The van der Waals surface area contributed by atoms with Gasteiger partial charge in [-0.1, -0.05) is 24.3 Å². The van der Waals surface area contributed by atoms with Gasteiger partial charge >= 0.3 is 0 Å². The molecule has 1 unspecified atom stereocenters. The maximum Gasteiger partial charge on any atom is 0.0681 e. The van der Waals surface area contributed by atoms with Gasteiger partial charge < -0.3 is 9.84 Å². The van der Waals surface area contributed by atoms with Crippen LogP contribution in [0.2, 0.25) is 0 Å². The third kappa shape index (κ3) is 4.45. The Morgan fingerprint density at radius 2 is 1.80 bits per heavy atom. The first-order chi connectivity index (χ1) is 7.26. The lowest BCUT2D eigenvalue weighted by Gasteiger charge is -2.11. The van der Waals surface area contributed by atoms with E-state index in [9.17, 15) is 0 Å². The summed E-state index contributed by atoms with van der Waals surface area (Å²) in [6, 6.07) is 8.09. The Labute approximate surface area is 91.9 Å². The SMILES string of the molecule is CCOC(C)CCc1ccc(CO)cc1. The van der Waals surface area contributed by atoms with Crippen LogP contribution in [-0.4, -0.2) is 17.8 Å². The van der Waals surface area contributed by atoms with Crippen LogP contribution in [0.15, 0.2) is 24.3 Å². The average Bonchev–Trinajstić information content (AvgIpc) is 2.27. The lowest BCUT2D eigenvalue weighted by molar-refractivity contribution is 0.0706. The van der Waals surface area contributed by atoms with E-state index in [1.54, 1.807) is 0 Å². The van der Waals surface area contributed by atoms with Crippen LogP contribution in [0.5, 0.6) is 0 Å². The van der Waals surface area contributed by atoms with Gasteiger partial charge in [0.2, 0.25) is 0 Å². The van der Waals surface area contributed by atoms with Crippen molar-refractivity contribution in [3.63, 3.8) is 0 Å². The van der Waals surface area contributed by atoms with Crippen LogP contribution in [0.3, 0.4) is 0 Å². The van der Waals surface area contributed by atoms with Crippen molar-refractivity contribution in [1.29, 1.82) is 0 Å². The molecule has 84 valence electrons. The second kappa shape index (κ2) is 6.59. The molecule has 0 saturated carbocycles. The van der Waals surface area contributed by atoms with Gasteiger partial charge in [0.05, 0.1) is 12.7 Å². The standard InChI is InChI=1S/C13H20O2/c1-3-15-11(2)4-5-12-6-8-13(10-14)9-7-12/h6-9,11,14H,3-5,10H2,1-2H3. The molecule has 0 spiro atoms. The summed E-state index contributed by atoms with van der Waals surface area (Å²) in [6.45, 7) is 5.03. The molecule has 1 N–H and O–H groups in total. The van der Waals surface area contributed by atoms with Crippen LogP contribution in [0, 0.1) is 0 Å². The number of aliphatic hydroxyl groups excluding tert-OH is 1. The van der Waals surface area contributed by atoms with Gasteiger partial charge in [0, 0.05) is 6.61 Å². The lowest BCUT2D eigenvalue weighted by atomic mass is 10.1. The highest BCUT2D eigenvalue weighted by atomic mass is 16.5. The van der Waals surface area contributed by atoms with Crippen molar-refractivity contribution < 1.29 is 9.84 Å². The first-order valence-electron chi connectivity index (χ1n) is 5.56. The van der Waals surface area contributed by atoms with E-state index in [0.29, 0.717) is 6.10 Å². The molecule has 0 aliphatic carbocycles. The van der Waals surface area contributed by atoms with E-state index < -0.39 is 0 Å². The first-order valence-corrected chi connectivity index (χ1v) is 5.56. The molecule has 0 bridgehead atoms. The van der Waals surface area contributed by atoms with Gasteiger partial charge in [-0.25, -0.2) is 0 Å². The molecule has 0 aromatic heterocycles. The van der Waals surface area contributed by atoms with E-state index in [2.05, 4.69) is 19.1 Å².